The first-order chi connectivity index (χ1) is 19.5. The van der Waals surface area contributed by atoms with Crippen LogP contribution in [0, 0.1) is 22.7 Å². The Morgan fingerprint density at radius 1 is 0.927 bits per heavy atom. The van der Waals surface area contributed by atoms with Gasteiger partial charge < -0.3 is 4.90 Å². The van der Waals surface area contributed by atoms with Gasteiger partial charge in [0.15, 0.2) is 0 Å². The van der Waals surface area contributed by atoms with Crippen LogP contribution in [0.15, 0.2) is 53.6 Å². The van der Waals surface area contributed by atoms with Crippen LogP contribution in [0.4, 0.5) is 18.9 Å². The Labute approximate surface area is 235 Å². The molecule has 0 spiro atoms. The van der Waals surface area contributed by atoms with E-state index in [1.807, 2.05) is 6.07 Å². The molecule has 0 radical (unpaired) electrons. The van der Waals surface area contributed by atoms with E-state index in [1.165, 1.54) is 19.1 Å². The van der Waals surface area contributed by atoms with Gasteiger partial charge in [-0.2, -0.15) is 23.7 Å². The van der Waals surface area contributed by atoms with Gasteiger partial charge in [0.05, 0.1) is 34.5 Å². The van der Waals surface area contributed by atoms with Gasteiger partial charge in [-0.05, 0) is 69.1 Å². The van der Waals surface area contributed by atoms with Crippen molar-refractivity contribution in [1.82, 2.24) is 9.80 Å². The molecule has 2 heterocycles. The molecule has 0 N–H and O–H groups in total. The number of nitriles is 2. The quantitative estimate of drug-likeness (QED) is 0.342. The zero-order chi connectivity index (χ0) is 29.7. The molecule has 8 nitrogen and oxygen atoms in total. The zero-order valence-corrected chi connectivity index (χ0v) is 22.5. The summed E-state index contributed by atoms with van der Waals surface area (Å²) in [5, 5.41) is 18.1. The topological polar surface area (TPSA) is 109 Å². The molecule has 0 unspecified atom stereocenters. The molecule has 1 fully saturated rings. The minimum absolute atomic E-state index is 0.0918. The summed E-state index contributed by atoms with van der Waals surface area (Å²) in [5.74, 6) is -1.38. The van der Waals surface area contributed by atoms with Crippen LogP contribution in [0.1, 0.15) is 59.7 Å². The van der Waals surface area contributed by atoms with Crippen LogP contribution in [0.25, 0.3) is 0 Å². The number of piperazine rings is 1. The first-order valence-corrected chi connectivity index (χ1v) is 13.3. The fourth-order valence-corrected chi connectivity index (χ4v) is 5.11. The minimum Gasteiger partial charge on any atom is -0.336 e. The van der Waals surface area contributed by atoms with E-state index in [-0.39, 0.29) is 17.2 Å². The predicted octanol–water partition coefficient (Wildman–Crippen LogP) is 4.66. The standard InChI is InChI=1S/C30H28F3N5O3/c1-20-25(29(41)38(27(20)39)24-10-9-23(19-35)26(17-24)30(31,32)33)8-3-2-4-11-36-12-14-37(15-13-36)28(40)22-7-5-6-21(16-22)18-34/h5-7,9-10,16-17H,2-4,8,11-15H2,1H3. The highest BCUT2D eigenvalue weighted by molar-refractivity contribution is 6.32. The van der Waals surface area contributed by atoms with Crippen molar-refractivity contribution in [1.29, 1.82) is 10.5 Å². The molecule has 2 aliphatic heterocycles. The largest absolute Gasteiger partial charge is 0.417 e. The van der Waals surface area contributed by atoms with E-state index in [9.17, 15) is 27.6 Å². The number of benzene rings is 2. The van der Waals surface area contributed by atoms with Crippen LogP contribution in [0.5, 0.6) is 0 Å². The number of carbonyl (C=O) groups excluding carboxylic acids is 3. The second kappa shape index (κ2) is 12.4. The summed E-state index contributed by atoms with van der Waals surface area (Å²) in [7, 11) is 0. The molecule has 1 saturated heterocycles. The van der Waals surface area contributed by atoms with E-state index in [4.69, 9.17) is 10.5 Å². The maximum atomic E-state index is 13.4. The number of alkyl halides is 3. The molecule has 2 aromatic rings. The van der Waals surface area contributed by atoms with E-state index in [2.05, 4.69) is 4.90 Å². The van der Waals surface area contributed by atoms with Gasteiger partial charge in [0.2, 0.25) is 0 Å². The van der Waals surface area contributed by atoms with E-state index in [1.54, 1.807) is 29.2 Å². The van der Waals surface area contributed by atoms with Crippen LogP contribution >= 0.6 is 0 Å². The van der Waals surface area contributed by atoms with Gasteiger partial charge in [0.25, 0.3) is 17.7 Å². The minimum atomic E-state index is -4.80. The molecule has 0 aromatic heterocycles. The molecule has 41 heavy (non-hydrogen) atoms. The fourth-order valence-electron chi connectivity index (χ4n) is 5.11. The summed E-state index contributed by atoms with van der Waals surface area (Å²) in [4.78, 5) is 43.4. The average Bonchev–Trinajstić information content (AvgIpc) is 3.18. The summed E-state index contributed by atoms with van der Waals surface area (Å²) in [5.41, 5.74) is -0.529. The lowest BCUT2D eigenvalue weighted by Gasteiger charge is -2.34. The highest BCUT2D eigenvalue weighted by Crippen LogP contribution is 2.37. The Balaban J connectivity index is 1.24. The second-order valence-corrected chi connectivity index (χ2v) is 10.0. The number of amides is 3. The van der Waals surface area contributed by atoms with Crippen LogP contribution in [-0.2, 0) is 15.8 Å². The van der Waals surface area contributed by atoms with Crippen molar-refractivity contribution < 1.29 is 27.6 Å². The van der Waals surface area contributed by atoms with Gasteiger partial charge in [-0.3, -0.25) is 19.3 Å². The smallest absolute Gasteiger partial charge is 0.336 e. The molecule has 0 bridgehead atoms. The number of imide groups is 1. The average molecular weight is 564 g/mol. The zero-order valence-electron chi connectivity index (χ0n) is 22.5. The molecule has 4 rings (SSSR count). The Kier molecular flexibility index (Phi) is 8.89. The number of anilines is 1. The van der Waals surface area contributed by atoms with Crippen molar-refractivity contribution in [2.75, 3.05) is 37.6 Å². The van der Waals surface area contributed by atoms with Gasteiger partial charge in [0.1, 0.15) is 0 Å². The summed E-state index contributed by atoms with van der Waals surface area (Å²) >= 11 is 0. The SMILES string of the molecule is CC1=C(CCCCCN2CCN(C(=O)c3cccc(C#N)c3)CC2)C(=O)N(c2ccc(C#N)c(C(F)(F)F)c2)C1=O. The van der Waals surface area contributed by atoms with Gasteiger partial charge in [-0.1, -0.05) is 12.5 Å². The fraction of sp³-hybridized carbons (Fsp3) is 0.367. The van der Waals surface area contributed by atoms with Crippen molar-refractivity contribution in [3.8, 4) is 12.1 Å². The predicted molar refractivity (Wildman–Crippen MR) is 143 cm³/mol. The summed E-state index contributed by atoms with van der Waals surface area (Å²) < 4.78 is 40.2. The second-order valence-electron chi connectivity index (χ2n) is 10.0. The molecule has 2 aromatic carbocycles. The molecule has 212 valence electrons. The summed E-state index contributed by atoms with van der Waals surface area (Å²) in [6, 6.07) is 13.0. The molecule has 0 saturated carbocycles. The number of halogens is 3. The first kappa shape index (κ1) is 29.5. The van der Waals surface area contributed by atoms with E-state index < -0.39 is 29.1 Å². The maximum Gasteiger partial charge on any atom is 0.417 e. The number of rotatable bonds is 8. The number of carbonyl (C=O) groups is 3. The number of hydrogen-bond donors (Lipinski definition) is 0. The Bertz CT molecular complexity index is 1480. The van der Waals surface area contributed by atoms with Crippen LogP contribution in [0.2, 0.25) is 0 Å². The lowest BCUT2D eigenvalue weighted by Crippen LogP contribution is -2.48. The number of unbranched alkanes of at least 4 members (excludes halogenated alkanes) is 2. The van der Waals surface area contributed by atoms with Crippen LogP contribution < -0.4 is 4.90 Å². The number of nitrogens with zero attached hydrogens (tertiary/aromatic N) is 5. The van der Waals surface area contributed by atoms with E-state index >= 15 is 0 Å². The van der Waals surface area contributed by atoms with Crippen molar-refractivity contribution in [2.45, 2.75) is 38.8 Å². The van der Waals surface area contributed by atoms with Gasteiger partial charge in [-0.15, -0.1) is 0 Å². The molecular weight excluding hydrogens is 535 g/mol. The summed E-state index contributed by atoms with van der Waals surface area (Å²) in [6.07, 6.45) is -2.20. The lowest BCUT2D eigenvalue weighted by molar-refractivity contribution is -0.138. The van der Waals surface area contributed by atoms with Crippen molar-refractivity contribution in [3.63, 3.8) is 0 Å². The van der Waals surface area contributed by atoms with E-state index in [0.717, 1.165) is 43.4 Å². The van der Waals surface area contributed by atoms with Crippen LogP contribution in [0.3, 0.4) is 0 Å². The van der Waals surface area contributed by atoms with E-state index in [0.29, 0.717) is 48.7 Å². The van der Waals surface area contributed by atoms with Crippen molar-refractivity contribution in [2.24, 2.45) is 0 Å². The number of hydrogen-bond acceptors (Lipinski definition) is 6. The molecule has 0 atom stereocenters. The molecular formula is C30H28F3N5O3. The van der Waals surface area contributed by atoms with Crippen molar-refractivity contribution >= 4 is 23.4 Å². The van der Waals surface area contributed by atoms with Gasteiger partial charge in [-0.25, -0.2) is 4.90 Å². The molecule has 3 amide bonds. The highest BCUT2D eigenvalue weighted by atomic mass is 19.4. The van der Waals surface area contributed by atoms with Crippen molar-refractivity contribution in [3.05, 3.63) is 75.9 Å². The Morgan fingerprint density at radius 2 is 1.66 bits per heavy atom. The van der Waals surface area contributed by atoms with Gasteiger partial charge >= 0.3 is 6.18 Å². The van der Waals surface area contributed by atoms with Gasteiger partial charge in [0, 0.05) is 42.9 Å². The molecule has 11 heteroatoms. The highest BCUT2D eigenvalue weighted by Gasteiger charge is 2.39. The third kappa shape index (κ3) is 6.47. The summed E-state index contributed by atoms with van der Waals surface area (Å²) in [6.45, 7) is 4.93. The monoisotopic (exact) mass is 563 g/mol. The lowest BCUT2D eigenvalue weighted by atomic mass is 10.0. The third-order valence-electron chi connectivity index (χ3n) is 7.42. The Hall–Kier alpha value is -4.48. The third-order valence-corrected chi connectivity index (χ3v) is 7.42. The van der Waals surface area contributed by atoms with Crippen LogP contribution in [-0.4, -0.2) is 60.2 Å². The Morgan fingerprint density at radius 3 is 2.32 bits per heavy atom. The normalized spacial score (nSPS) is 16.2. The molecule has 0 aliphatic carbocycles. The maximum absolute atomic E-state index is 13.4. The molecule has 2 aliphatic rings. The first-order valence-electron chi connectivity index (χ1n) is 13.3.